The van der Waals surface area contributed by atoms with E-state index in [1.165, 1.54) is 25.3 Å². The van der Waals surface area contributed by atoms with Crippen LogP contribution in [0, 0.1) is 11.7 Å². The van der Waals surface area contributed by atoms with Crippen molar-refractivity contribution in [2.45, 2.75) is 114 Å². The number of benzene rings is 2. The highest BCUT2D eigenvalue weighted by Crippen LogP contribution is 2.52. The Bertz CT molecular complexity index is 3040. The lowest BCUT2D eigenvalue weighted by atomic mass is 9.73. The van der Waals surface area contributed by atoms with E-state index < -0.39 is 5.41 Å². The number of piperidine rings is 4. The number of carbonyl (C=O) groups is 5. The van der Waals surface area contributed by atoms with Crippen LogP contribution in [-0.4, -0.2) is 153 Å². The molecule has 76 heavy (non-hydrogen) atoms. The molecule has 9 heterocycles. The Labute approximate surface area is 443 Å². The molecule has 2 N–H and O–H groups in total. The summed E-state index contributed by atoms with van der Waals surface area (Å²) >= 11 is 0. The molecule has 6 aliphatic heterocycles. The van der Waals surface area contributed by atoms with Crippen LogP contribution in [0.1, 0.15) is 108 Å². The summed E-state index contributed by atoms with van der Waals surface area (Å²) < 4.78 is 17.2. The number of imidazole rings is 1. The average molecular weight is 1030 g/mol. The minimum atomic E-state index is -0.744. The van der Waals surface area contributed by atoms with Gasteiger partial charge in [-0.2, -0.15) is 0 Å². The smallest absolute Gasteiger partial charge is 0.238 e. The van der Waals surface area contributed by atoms with Gasteiger partial charge in [0, 0.05) is 100 Å². The van der Waals surface area contributed by atoms with Crippen molar-refractivity contribution < 1.29 is 28.4 Å². The summed E-state index contributed by atoms with van der Waals surface area (Å²) in [7, 11) is 0. The quantitative estimate of drug-likeness (QED) is 0.133. The summed E-state index contributed by atoms with van der Waals surface area (Å²) in [6, 6.07) is 19.4. The molecule has 12 rings (SSSR count). The van der Waals surface area contributed by atoms with E-state index in [0.29, 0.717) is 94.5 Å². The van der Waals surface area contributed by atoms with Gasteiger partial charge >= 0.3 is 0 Å². The molecule has 18 heteroatoms. The summed E-state index contributed by atoms with van der Waals surface area (Å²) in [5, 5.41) is 5.71. The van der Waals surface area contributed by atoms with Gasteiger partial charge in [0.2, 0.25) is 29.5 Å². The molecule has 1 spiro atoms. The summed E-state index contributed by atoms with van der Waals surface area (Å²) in [6.45, 7) is 11.7. The number of nitrogens with one attached hydrogen (secondary N) is 2. The van der Waals surface area contributed by atoms with Crippen LogP contribution in [0.25, 0.3) is 22.3 Å². The molecule has 398 valence electrons. The van der Waals surface area contributed by atoms with Gasteiger partial charge in [-0.1, -0.05) is 36.8 Å². The number of para-hydroxylation sites is 1. The number of halogens is 1. The lowest BCUT2D eigenvalue weighted by molar-refractivity contribution is -0.143. The highest BCUT2D eigenvalue weighted by Gasteiger charge is 2.56. The molecule has 1 unspecified atom stereocenters. The first kappa shape index (κ1) is 50.1. The number of anilines is 4. The van der Waals surface area contributed by atoms with Crippen molar-refractivity contribution in [2.75, 3.05) is 87.1 Å². The maximum absolute atomic E-state index is 15.3. The molecule has 6 fully saturated rings. The van der Waals surface area contributed by atoms with Crippen LogP contribution in [0.2, 0.25) is 0 Å². The molecular weight excluding hydrogens is 964 g/mol. The van der Waals surface area contributed by atoms with Gasteiger partial charge in [-0.3, -0.25) is 34.2 Å². The first-order chi connectivity index (χ1) is 36.9. The Balaban J connectivity index is 0.697. The van der Waals surface area contributed by atoms with Crippen molar-refractivity contribution in [1.82, 2.24) is 44.4 Å². The van der Waals surface area contributed by atoms with Gasteiger partial charge in [0.15, 0.2) is 5.82 Å². The van der Waals surface area contributed by atoms with Crippen molar-refractivity contribution >= 4 is 63.6 Å². The van der Waals surface area contributed by atoms with Gasteiger partial charge in [-0.05, 0) is 126 Å². The third-order valence-electron chi connectivity index (χ3n) is 17.9. The number of fused-ring (bicyclic) bond motifs is 3. The maximum atomic E-state index is 15.3. The monoisotopic (exact) mass is 1030 g/mol. The van der Waals surface area contributed by atoms with Crippen molar-refractivity contribution in [1.29, 1.82) is 0 Å². The zero-order chi connectivity index (χ0) is 52.2. The molecule has 1 aliphatic carbocycles. The third kappa shape index (κ3) is 9.38. The molecular formula is C58H69FN12O5. The van der Waals surface area contributed by atoms with Crippen LogP contribution in [0.3, 0.4) is 0 Å². The number of amides is 5. The number of nitrogens with zero attached hydrogens (tertiary/aromatic N) is 10. The van der Waals surface area contributed by atoms with Crippen LogP contribution in [0.4, 0.5) is 27.4 Å². The Hall–Kier alpha value is -6.79. The zero-order valence-electron chi connectivity index (χ0n) is 43.8. The predicted octanol–water partition coefficient (Wildman–Crippen LogP) is 6.76. The van der Waals surface area contributed by atoms with E-state index in [2.05, 4.69) is 67.3 Å². The lowest BCUT2D eigenvalue weighted by Gasteiger charge is -2.48. The van der Waals surface area contributed by atoms with E-state index >= 15 is 9.18 Å². The SMILES string of the molecule is CC(C)n1cnc2cc(-c3ccc4c(c3)N(C3CC(N5CCCCC5)C3)C(=O)C43CCN(C(=O)C4CCN(C(=O)CN5CCN(c6ccc(C7CCC(=O)NC7=O)cn6)CC5)CC4)CC3)nc(Nc3ccccc3F)c21. The zero-order valence-corrected chi connectivity index (χ0v) is 43.8. The average Bonchev–Trinajstić information content (AvgIpc) is 3.98. The molecule has 5 amide bonds. The molecule has 7 aliphatic rings. The van der Waals surface area contributed by atoms with Crippen molar-refractivity contribution in [2.24, 2.45) is 5.92 Å². The number of carbonyl (C=O) groups excluding carboxylic acids is 5. The highest BCUT2D eigenvalue weighted by molar-refractivity contribution is 6.09. The molecule has 3 aromatic heterocycles. The second-order valence-electron chi connectivity index (χ2n) is 22.6. The molecule has 17 nitrogen and oxygen atoms in total. The lowest BCUT2D eigenvalue weighted by Crippen LogP contribution is -2.58. The highest BCUT2D eigenvalue weighted by atomic mass is 19.1. The normalized spacial score (nSPS) is 23.6. The van der Waals surface area contributed by atoms with Gasteiger partial charge in [-0.15, -0.1) is 0 Å². The Morgan fingerprint density at radius 1 is 0.816 bits per heavy atom. The largest absolute Gasteiger partial charge is 0.354 e. The van der Waals surface area contributed by atoms with E-state index in [1.807, 2.05) is 32.6 Å². The second-order valence-corrected chi connectivity index (χ2v) is 22.6. The minimum absolute atomic E-state index is 0.0794. The molecule has 0 radical (unpaired) electrons. The number of pyridine rings is 2. The van der Waals surface area contributed by atoms with Crippen LogP contribution in [0.15, 0.2) is 73.2 Å². The number of rotatable bonds is 11. The Morgan fingerprint density at radius 2 is 1.58 bits per heavy atom. The van der Waals surface area contributed by atoms with E-state index in [9.17, 15) is 19.2 Å². The van der Waals surface area contributed by atoms with Crippen LogP contribution in [0.5, 0.6) is 0 Å². The first-order valence-corrected chi connectivity index (χ1v) is 27.9. The van der Waals surface area contributed by atoms with Gasteiger partial charge in [0.05, 0.1) is 41.1 Å². The van der Waals surface area contributed by atoms with Crippen LogP contribution < -0.4 is 20.4 Å². The fourth-order valence-corrected chi connectivity index (χ4v) is 13.3. The van der Waals surface area contributed by atoms with Crippen molar-refractivity contribution in [3.63, 3.8) is 0 Å². The summed E-state index contributed by atoms with van der Waals surface area (Å²) in [5.74, 6) is 0.264. The molecule has 0 bridgehead atoms. The van der Waals surface area contributed by atoms with E-state index in [-0.39, 0.29) is 59.3 Å². The number of hydrogen-bond acceptors (Lipinski definition) is 12. The fraction of sp³-hybridized carbons (Fsp3) is 0.517. The molecule has 5 aromatic rings. The van der Waals surface area contributed by atoms with Crippen LogP contribution in [-0.2, 0) is 29.4 Å². The van der Waals surface area contributed by atoms with Crippen LogP contribution >= 0.6 is 0 Å². The summed E-state index contributed by atoms with van der Waals surface area (Å²) in [4.78, 5) is 94.7. The standard InChI is InChI=1S/C58H69FN12O5/c1-37(2)70-36-61-48-33-47(63-54(53(48)70)62-46-9-5-4-8-45(46)59)39-10-13-44-49(30-39)71(42-31-41(32-42)66-20-6-3-7-21-66)57(76)58(44)18-24-69(25-19-58)56(75)38-16-22-68(23-17-38)52(73)35-65-26-28-67(29-27-65)50-14-11-40(34-60-50)43-12-15-51(72)64-55(43)74/h4-5,8-11,13-14,30,33-34,36-38,41-43H,3,6-7,12,15-29,31-32,35H2,1-2H3,(H,62,63)(H,64,72,74). The Morgan fingerprint density at radius 3 is 2.29 bits per heavy atom. The number of imide groups is 1. The topological polar surface area (TPSA) is 172 Å². The maximum Gasteiger partial charge on any atom is 0.238 e. The Kier molecular flexibility index (Phi) is 13.6. The van der Waals surface area contributed by atoms with Crippen molar-refractivity contribution in [3.8, 4) is 11.3 Å². The van der Waals surface area contributed by atoms with E-state index in [0.717, 1.165) is 91.3 Å². The number of piperazine rings is 1. The van der Waals surface area contributed by atoms with Gasteiger partial charge < -0.3 is 34.4 Å². The second kappa shape index (κ2) is 20.6. The van der Waals surface area contributed by atoms with Gasteiger partial charge in [-0.25, -0.2) is 19.3 Å². The summed E-state index contributed by atoms with van der Waals surface area (Å²) in [6.07, 6.45) is 12.3. The molecule has 2 aromatic carbocycles. The van der Waals surface area contributed by atoms with Gasteiger partial charge in [0.1, 0.15) is 17.2 Å². The van der Waals surface area contributed by atoms with E-state index in [1.54, 1.807) is 30.7 Å². The van der Waals surface area contributed by atoms with Crippen molar-refractivity contribution in [3.05, 3.63) is 90.1 Å². The minimum Gasteiger partial charge on any atom is -0.354 e. The summed E-state index contributed by atoms with van der Waals surface area (Å²) in [5.41, 5.74) is 5.38. The van der Waals surface area contributed by atoms with Gasteiger partial charge in [0.25, 0.3) is 0 Å². The van der Waals surface area contributed by atoms with E-state index in [4.69, 9.17) is 9.97 Å². The number of likely N-dealkylation sites (tertiary alicyclic amines) is 3. The predicted molar refractivity (Wildman–Crippen MR) is 288 cm³/mol. The molecule has 5 saturated heterocycles. The number of hydrogen-bond donors (Lipinski definition) is 2. The third-order valence-corrected chi connectivity index (χ3v) is 17.9. The fourth-order valence-electron chi connectivity index (χ4n) is 13.3. The molecule has 1 saturated carbocycles. The first-order valence-electron chi connectivity index (χ1n) is 27.9. The molecule has 1 atom stereocenters. The number of aromatic nitrogens is 4.